The summed E-state index contributed by atoms with van der Waals surface area (Å²) in [4.78, 5) is 38.4. The molecule has 25 heavy (non-hydrogen) atoms. The maximum atomic E-state index is 12.6. The highest BCUT2D eigenvalue weighted by molar-refractivity contribution is 6.04. The molecule has 6 heteroatoms. The standard InChI is InChI=1S/C19H23N3O3/c1-12(2)21-19(25)16(11-20)18(24)10-17-15-7-5-4-6-14(15)8-9-22(17)13(3)23/h4-7,12,16-17H,8-10H2,1-3H3,(H,21,25)/t16-,17-/m1/s1. The van der Waals surface area contributed by atoms with E-state index in [0.717, 1.165) is 17.5 Å². The van der Waals surface area contributed by atoms with Crippen LogP contribution in [0.15, 0.2) is 24.3 Å². The van der Waals surface area contributed by atoms with Gasteiger partial charge in [-0.25, -0.2) is 0 Å². The molecular formula is C19H23N3O3. The third kappa shape index (κ3) is 4.24. The first-order chi connectivity index (χ1) is 11.8. The summed E-state index contributed by atoms with van der Waals surface area (Å²) >= 11 is 0. The van der Waals surface area contributed by atoms with Crippen molar-refractivity contribution in [2.75, 3.05) is 6.54 Å². The van der Waals surface area contributed by atoms with E-state index in [1.54, 1.807) is 24.8 Å². The monoisotopic (exact) mass is 341 g/mol. The fraction of sp³-hybridized carbons (Fsp3) is 0.474. The second kappa shape index (κ2) is 7.93. The van der Waals surface area contributed by atoms with E-state index in [-0.39, 0.29) is 18.4 Å². The van der Waals surface area contributed by atoms with E-state index in [1.165, 1.54) is 6.92 Å². The predicted molar refractivity (Wildman–Crippen MR) is 92.3 cm³/mol. The molecule has 0 spiro atoms. The summed E-state index contributed by atoms with van der Waals surface area (Å²) in [6, 6.07) is 8.89. The maximum Gasteiger partial charge on any atom is 0.245 e. The van der Waals surface area contributed by atoms with Gasteiger partial charge in [0.1, 0.15) is 0 Å². The number of rotatable bonds is 5. The van der Waals surface area contributed by atoms with Crippen molar-refractivity contribution in [2.45, 2.75) is 45.7 Å². The molecule has 1 aromatic rings. The van der Waals surface area contributed by atoms with E-state index >= 15 is 0 Å². The largest absolute Gasteiger partial charge is 0.352 e. The minimum atomic E-state index is -1.36. The predicted octanol–water partition coefficient (Wildman–Crippen LogP) is 1.76. The Morgan fingerprint density at radius 1 is 1.32 bits per heavy atom. The van der Waals surface area contributed by atoms with Gasteiger partial charge in [-0.2, -0.15) is 5.26 Å². The molecular weight excluding hydrogens is 318 g/mol. The summed E-state index contributed by atoms with van der Waals surface area (Å²) in [6.07, 6.45) is 0.691. The Kier molecular flexibility index (Phi) is 5.92. The van der Waals surface area contributed by atoms with Crippen molar-refractivity contribution < 1.29 is 14.4 Å². The van der Waals surface area contributed by atoms with Gasteiger partial charge in [-0.15, -0.1) is 0 Å². The molecule has 0 aliphatic carbocycles. The van der Waals surface area contributed by atoms with Gasteiger partial charge in [0.05, 0.1) is 12.1 Å². The van der Waals surface area contributed by atoms with E-state index < -0.39 is 23.7 Å². The highest BCUT2D eigenvalue weighted by Gasteiger charge is 2.35. The summed E-state index contributed by atoms with van der Waals surface area (Å²) in [6.45, 7) is 5.54. The quantitative estimate of drug-likeness (QED) is 0.826. The lowest BCUT2D eigenvalue weighted by atomic mass is 9.87. The van der Waals surface area contributed by atoms with Crippen LogP contribution in [0.25, 0.3) is 0 Å². The van der Waals surface area contributed by atoms with Crippen LogP contribution in [-0.4, -0.2) is 35.1 Å². The van der Waals surface area contributed by atoms with Gasteiger partial charge in [0.25, 0.3) is 0 Å². The molecule has 2 amide bonds. The highest BCUT2D eigenvalue weighted by atomic mass is 16.2. The molecule has 1 aliphatic rings. The normalized spacial score (nSPS) is 17.4. The second-order valence-electron chi connectivity index (χ2n) is 6.57. The number of carbonyl (C=O) groups is 3. The zero-order valence-electron chi connectivity index (χ0n) is 14.8. The topological polar surface area (TPSA) is 90.3 Å². The van der Waals surface area contributed by atoms with Gasteiger partial charge in [-0.05, 0) is 31.4 Å². The van der Waals surface area contributed by atoms with Crippen molar-refractivity contribution in [1.29, 1.82) is 5.26 Å². The minimum absolute atomic E-state index is 0.0413. The lowest BCUT2D eigenvalue weighted by Gasteiger charge is -2.36. The van der Waals surface area contributed by atoms with E-state index in [4.69, 9.17) is 0 Å². The number of benzene rings is 1. The van der Waals surface area contributed by atoms with Gasteiger partial charge in [0.15, 0.2) is 11.7 Å². The van der Waals surface area contributed by atoms with Crippen molar-refractivity contribution in [3.8, 4) is 6.07 Å². The van der Waals surface area contributed by atoms with Gasteiger partial charge < -0.3 is 10.2 Å². The molecule has 2 atom stereocenters. The van der Waals surface area contributed by atoms with Crippen molar-refractivity contribution in [2.24, 2.45) is 5.92 Å². The molecule has 6 nitrogen and oxygen atoms in total. The first kappa shape index (κ1) is 18.7. The first-order valence-electron chi connectivity index (χ1n) is 8.42. The Balaban J connectivity index is 2.26. The van der Waals surface area contributed by atoms with Crippen LogP contribution in [0.1, 0.15) is 44.4 Å². The summed E-state index contributed by atoms with van der Waals surface area (Å²) in [7, 11) is 0. The number of Topliss-reactive ketones (excluding diaryl/α,β-unsaturated/α-hetero) is 1. The Labute approximate surface area is 147 Å². The average molecular weight is 341 g/mol. The van der Waals surface area contributed by atoms with Gasteiger partial charge in [0.2, 0.25) is 11.8 Å². The molecule has 1 heterocycles. The fourth-order valence-corrected chi connectivity index (χ4v) is 3.20. The SMILES string of the molecule is CC(=O)N1CCc2ccccc2[C@H]1CC(=O)[C@@H](C#N)C(=O)NC(C)C. The number of fused-ring (bicyclic) bond motifs is 1. The maximum absolute atomic E-state index is 12.6. The Morgan fingerprint density at radius 2 is 2.00 bits per heavy atom. The lowest BCUT2D eigenvalue weighted by molar-refractivity contribution is -0.135. The van der Waals surface area contributed by atoms with Crippen LogP contribution in [0.2, 0.25) is 0 Å². The number of hydrogen-bond donors (Lipinski definition) is 1. The van der Waals surface area contributed by atoms with Crippen LogP contribution in [0.5, 0.6) is 0 Å². The molecule has 1 aliphatic heterocycles. The zero-order valence-corrected chi connectivity index (χ0v) is 14.8. The Hall–Kier alpha value is -2.68. The summed E-state index contributed by atoms with van der Waals surface area (Å²) in [5.41, 5.74) is 2.01. The van der Waals surface area contributed by atoms with Crippen LogP contribution in [0.4, 0.5) is 0 Å². The molecule has 0 saturated carbocycles. The van der Waals surface area contributed by atoms with Crippen molar-refractivity contribution in [3.05, 3.63) is 35.4 Å². The van der Waals surface area contributed by atoms with E-state index in [0.29, 0.717) is 6.54 Å². The van der Waals surface area contributed by atoms with E-state index in [1.807, 2.05) is 24.3 Å². The molecule has 132 valence electrons. The van der Waals surface area contributed by atoms with Gasteiger partial charge in [0, 0.05) is 25.9 Å². The number of ketones is 1. The van der Waals surface area contributed by atoms with E-state index in [2.05, 4.69) is 5.32 Å². The lowest BCUT2D eigenvalue weighted by Crippen LogP contribution is -2.42. The van der Waals surface area contributed by atoms with Crippen LogP contribution >= 0.6 is 0 Å². The molecule has 0 unspecified atom stereocenters. The first-order valence-corrected chi connectivity index (χ1v) is 8.42. The van der Waals surface area contributed by atoms with Crippen LogP contribution < -0.4 is 5.32 Å². The number of nitriles is 1. The number of nitrogens with zero attached hydrogens (tertiary/aromatic N) is 2. The smallest absolute Gasteiger partial charge is 0.245 e. The molecule has 0 fully saturated rings. The number of hydrogen-bond acceptors (Lipinski definition) is 4. The molecule has 1 N–H and O–H groups in total. The highest BCUT2D eigenvalue weighted by Crippen LogP contribution is 2.33. The van der Waals surface area contributed by atoms with Gasteiger partial charge in [-0.3, -0.25) is 14.4 Å². The molecule has 0 saturated heterocycles. The third-order valence-electron chi connectivity index (χ3n) is 4.36. The van der Waals surface area contributed by atoms with Crippen molar-refractivity contribution in [1.82, 2.24) is 10.2 Å². The van der Waals surface area contributed by atoms with Crippen LogP contribution in [0.3, 0.4) is 0 Å². The molecule has 1 aromatic carbocycles. The van der Waals surface area contributed by atoms with E-state index in [9.17, 15) is 19.6 Å². The fourth-order valence-electron chi connectivity index (χ4n) is 3.20. The zero-order chi connectivity index (χ0) is 18.6. The van der Waals surface area contributed by atoms with Gasteiger partial charge >= 0.3 is 0 Å². The summed E-state index contributed by atoms with van der Waals surface area (Å²) < 4.78 is 0. The van der Waals surface area contributed by atoms with Crippen molar-refractivity contribution in [3.63, 3.8) is 0 Å². The summed E-state index contributed by atoms with van der Waals surface area (Å²) in [5, 5.41) is 11.9. The van der Waals surface area contributed by atoms with Crippen LogP contribution in [0, 0.1) is 17.2 Å². The summed E-state index contributed by atoms with van der Waals surface area (Å²) in [5.74, 6) is -2.52. The Morgan fingerprint density at radius 3 is 2.60 bits per heavy atom. The van der Waals surface area contributed by atoms with Crippen molar-refractivity contribution >= 4 is 17.6 Å². The molecule has 2 rings (SSSR count). The Bertz CT molecular complexity index is 721. The third-order valence-corrected chi connectivity index (χ3v) is 4.36. The molecule has 0 bridgehead atoms. The molecule has 0 radical (unpaired) electrons. The number of nitrogens with one attached hydrogen (secondary N) is 1. The number of carbonyl (C=O) groups excluding carboxylic acids is 3. The average Bonchev–Trinajstić information content (AvgIpc) is 2.54. The van der Waals surface area contributed by atoms with Gasteiger partial charge in [-0.1, -0.05) is 24.3 Å². The van der Waals surface area contributed by atoms with Crippen LogP contribution in [-0.2, 0) is 20.8 Å². The minimum Gasteiger partial charge on any atom is -0.352 e. The number of amides is 2. The second-order valence-corrected chi connectivity index (χ2v) is 6.57. The molecule has 0 aromatic heterocycles.